The van der Waals surface area contributed by atoms with Gasteiger partial charge in [0.1, 0.15) is 6.54 Å². The van der Waals surface area contributed by atoms with E-state index < -0.39 is 0 Å². The lowest BCUT2D eigenvalue weighted by Crippen LogP contribution is -2.30. The molecule has 1 aromatic heterocycles. The normalized spacial score (nSPS) is 20.3. The van der Waals surface area contributed by atoms with E-state index in [1.165, 1.54) is 40.3 Å². The van der Waals surface area contributed by atoms with Crippen molar-refractivity contribution in [2.24, 2.45) is 15.4 Å². The molecule has 1 fully saturated rings. The molecule has 3 heterocycles. The highest BCUT2D eigenvalue weighted by atomic mass is 32.2. The van der Waals surface area contributed by atoms with Gasteiger partial charge in [0, 0.05) is 11.8 Å². The van der Waals surface area contributed by atoms with Crippen molar-refractivity contribution in [1.82, 2.24) is 4.57 Å². The third kappa shape index (κ3) is 2.85. The molecule has 1 saturated carbocycles. The topological polar surface area (TPSA) is 59.1 Å². The number of hydrogen-bond donors (Lipinski definition) is 0. The zero-order valence-corrected chi connectivity index (χ0v) is 16.7. The Balaban J connectivity index is 1.48. The van der Waals surface area contributed by atoms with Gasteiger partial charge < -0.3 is 0 Å². The Bertz CT molecular complexity index is 1250. The van der Waals surface area contributed by atoms with Gasteiger partial charge in [-0.3, -0.25) is 9.36 Å². The van der Waals surface area contributed by atoms with Crippen molar-refractivity contribution in [3.05, 3.63) is 75.6 Å². The van der Waals surface area contributed by atoms with Gasteiger partial charge in [0.15, 0.2) is 0 Å². The van der Waals surface area contributed by atoms with Crippen LogP contribution < -0.4 is 5.56 Å². The maximum atomic E-state index is 13.2. The molecule has 144 valence electrons. The fourth-order valence-electron chi connectivity index (χ4n) is 4.59. The lowest BCUT2D eigenvalue weighted by Gasteiger charge is -2.18. The van der Waals surface area contributed by atoms with E-state index in [-0.39, 0.29) is 11.6 Å². The Kier molecular flexibility index (Phi) is 3.94. The number of nitrogens with zero attached hydrogens (tertiary/aromatic N) is 4. The molecule has 1 atom stereocenters. The fourth-order valence-corrected chi connectivity index (χ4v) is 6.05. The quantitative estimate of drug-likeness (QED) is 0.623. The van der Waals surface area contributed by atoms with Crippen molar-refractivity contribution in [3.8, 4) is 0 Å². The van der Waals surface area contributed by atoms with E-state index in [1.807, 2.05) is 10.6 Å². The summed E-state index contributed by atoms with van der Waals surface area (Å²) >= 11 is 1.80. The van der Waals surface area contributed by atoms with Crippen molar-refractivity contribution in [1.29, 1.82) is 0 Å². The van der Waals surface area contributed by atoms with Crippen LogP contribution in [0.4, 0.5) is 0 Å². The first-order valence-electron chi connectivity index (χ1n) is 10.1. The third-order valence-corrected chi connectivity index (χ3v) is 7.29. The highest BCUT2D eigenvalue weighted by Gasteiger charge is 2.37. The van der Waals surface area contributed by atoms with Gasteiger partial charge >= 0.3 is 0 Å². The summed E-state index contributed by atoms with van der Waals surface area (Å²) in [5.41, 5.74) is 4.84. The van der Waals surface area contributed by atoms with Gasteiger partial charge in [0.2, 0.25) is 0 Å². The first-order chi connectivity index (χ1) is 14.3. The van der Waals surface area contributed by atoms with Gasteiger partial charge in [-0.2, -0.15) is 5.11 Å². The largest absolute Gasteiger partial charge is 0.293 e. The Morgan fingerprint density at radius 1 is 1.07 bits per heavy atom. The molecule has 6 rings (SSSR count). The Morgan fingerprint density at radius 2 is 1.93 bits per heavy atom. The number of hydrogen-bond acceptors (Lipinski definition) is 5. The number of rotatable bonds is 4. The molecule has 0 bridgehead atoms. The molecule has 29 heavy (non-hydrogen) atoms. The minimum absolute atomic E-state index is 0.0124. The predicted octanol–water partition coefficient (Wildman–Crippen LogP) is 4.94. The van der Waals surface area contributed by atoms with Crippen molar-refractivity contribution < 1.29 is 0 Å². The molecule has 3 aromatic rings. The van der Waals surface area contributed by atoms with Crippen LogP contribution in [0.3, 0.4) is 0 Å². The molecular weight excluding hydrogens is 380 g/mol. The molecular formula is C23H20N4OS. The van der Waals surface area contributed by atoms with Gasteiger partial charge in [0.25, 0.3) is 5.56 Å². The minimum Gasteiger partial charge on any atom is -0.293 e. The number of pyridine rings is 1. The fraction of sp³-hybridized carbons (Fsp3) is 0.304. The molecule has 2 aromatic carbocycles. The molecule has 0 spiro atoms. The van der Waals surface area contributed by atoms with E-state index in [4.69, 9.17) is 0 Å². The predicted molar refractivity (Wildman–Crippen MR) is 116 cm³/mol. The molecule has 2 aliphatic heterocycles. The van der Waals surface area contributed by atoms with Crippen LogP contribution >= 0.6 is 11.8 Å². The Morgan fingerprint density at radius 3 is 2.76 bits per heavy atom. The highest BCUT2D eigenvalue weighted by molar-refractivity contribution is 7.99. The molecule has 3 aliphatic rings. The molecule has 0 amide bonds. The summed E-state index contributed by atoms with van der Waals surface area (Å²) in [6.07, 6.45) is 3.22. The molecule has 1 unspecified atom stereocenters. The summed E-state index contributed by atoms with van der Waals surface area (Å²) in [5, 5.41) is 15.6. The maximum Gasteiger partial charge on any atom is 0.252 e. The van der Waals surface area contributed by atoms with Gasteiger partial charge in [-0.15, -0.1) is 16.9 Å². The number of thioether (sulfide) groups is 1. The number of benzene rings is 2. The van der Waals surface area contributed by atoms with Crippen LogP contribution in [0.25, 0.3) is 10.8 Å². The summed E-state index contributed by atoms with van der Waals surface area (Å²) in [4.78, 5) is 13.2. The lowest BCUT2D eigenvalue weighted by atomic mass is 9.95. The summed E-state index contributed by atoms with van der Waals surface area (Å²) in [7, 11) is 0. The molecule has 1 aliphatic carbocycles. The molecule has 0 radical (unpaired) electrons. The number of aromatic nitrogens is 1. The van der Waals surface area contributed by atoms with Crippen LogP contribution in [-0.2, 0) is 6.42 Å². The number of fused-ring (bicyclic) bond motifs is 2. The van der Waals surface area contributed by atoms with E-state index in [0.29, 0.717) is 12.5 Å². The summed E-state index contributed by atoms with van der Waals surface area (Å²) in [6.45, 7) is 0.508. The van der Waals surface area contributed by atoms with Gasteiger partial charge in [-0.25, -0.2) is 0 Å². The SMILES string of the molecule is O=c1cc(Cc2cccc3ccccc23)c(C2CC2)c2n1C(C1=NN=NC1)CS2. The van der Waals surface area contributed by atoms with Crippen molar-refractivity contribution in [3.63, 3.8) is 0 Å². The summed E-state index contributed by atoms with van der Waals surface area (Å²) < 4.78 is 1.96. The van der Waals surface area contributed by atoms with Crippen molar-refractivity contribution in [2.75, 3.05) is 12.3 Å². The first-order valence-corrected chi connectivity index (χ1v) is 11.1. The van der Waals surface area contributed by atoms with Gasteiger partial charge in [-0.1, -0.05) is 42.5 Å². The molecule has 6 heteroatoms. The van der Waals surface area contributed by atoms with E-state index >= 15 is 0 Å². The molecule has 0 saturated heterocycles. The van der Waals surface area contributed by atoms with E-state index in [0.717, 1.165) is 22.9 Å². The molecule has 0 N–H and O–H groups in total. The van der Waals surface area contributed by atoms with Crippen LogP contribution in [-0.4, -0.2) is 22.6 Å². The van der Waals surface area contributed by atoms with Crippen LogP contribution in [0.5, 0.6) is 0 Å². The third-order valence-electron chi connectivity index (χ3n) is 6.12. The van der Waals surface area contributed by atoms with Crippen LogP contribution in [0.1, 0.15) is 41.5 Å². The van der Waals surface area contributed by atoms with Crippen LogP contribution in [0.15, 0.2) is 73.8 Å². The van der Waals surface area contributed by atoms with Gasteiger partial charge in [0.05, 0.1) is 16.8 Å². The zero-order chi connectivity index (χ0) is 19.4. The monoisotopic (exact) mass is 400 g/mol. The standard InChI is InChI=1S/C23H20N4OS/c28-21-11-17(10-16-6-3-5-14-4-1-2-7-18(14)16)22(15-8-9-15)23-27(21)20(13-29-23)19-12-24-26-25-19/h1-7,11,15,20H,8-10,12-13H2. The zero-order valence-electron chi connectivity index (χ0n) is 15.9. The Hall–Kier alpha value is -2.73. The first kappa shape index (κ1) is 17.2. The second kappa shape index (κ2) is 6.66. The Labute approximate surface area is 172 Å². The second-order valence-electron chi connectivity index (χ2n) is 7.99. The van der Waals surface area contributed by atoms with Crippen molar-refractivity contribution in [2.45, 2.75) is 36.2 Å². The minimum atomic E-state index is -0.0124. The smallest absolute Gasteiger partial charge is 0.252 e. The van der Waals surface area contributed by atoms with E-state index in [9.17, 15) is 4.79 Å². The van der Waals surface area contributed by atoms with E-state index in [1.54, 1.807) is 11.8 Å². The van der Waals surface area contributed by atoms with Crippen molar-refractivity contribution >= 4 is 28.2 Å². The maximum absolute atomic E-state index is 13.2. The average Bonchev–Trinajstić information content (AvgIpc) is 3.24. The average molecular weight is 401 g/mol. The van der Waals surface area contributed by atoms with Gasteiger partial charge in [-0.05, 0) is 57.9 Å². The van der Waals surface area contributed by atoms with Crippen LogP contribution in [0, 0.1) is 0 Å². The van der Waals surface area contributed by atoms with E-state index in [2.05, 4.69) is 57.9 Å². The molecule has 5 nitrogen and oxygen atoms in total. The second-order valence-corrected chi connectivity index (χ2v) is 9.00. The highest BCUT2D eigenvalue weighted by Crippen LogP contribution is 2.49. The van der Waals surface area contributed by atoms with Crippen LogP contribution in [0.2, 0.25) is 0 Å². The summed E-state index contributed by atoms with van der Waals surface area (Å²) in [5.74, 6) is 1.42. The lowest BCUT2D eigenvalue weighted by molar-refractivity contribution is 0.623. The summed E-state index contributed by atoms with van der Waals surface area (Å²) in [6, 6.07) is 16.8.